The predicted octanol–water partition coefficient (Wildman–Crippen LogP) is 2.68. The van der Waals surface area contributed by atoms with E-state index in [4.69, 9.17) is 15.9 Å². The van der Waals surface area contributed by atoms with Gasteiger partial charge in [0.05, 0.1) is 0 Å². The Hall–Kier alpha value is -3.54. The molecule has 29 heavy (non-hydrogen) atoms. The van der Waals surface area contributed by atoms with E-state index < -0.39 is 24.1 Å². The zero-order valence-electron chi connectivity index (χ0n) is 14.6. The first-order valence-corrected chi connectivity index (χ1v) is 8.49. The minimum atomic E-state index is -5.29. The van der Waals surface area contributed by atoms with Gasteiger partial charge in [-0.2, -0.15) is 13.2 Å². The molecule has 0 aliphatic heterocycles. The molecular formula is C17H12F3N3O5S. The number of nitrogens with two attached hydrogens (primary N) is 1. The number of ether oxygens (including phenoxy) is 2. The molecule has 1 heterocycles. The van der Waals surface area contributed by atoms with Crippen LogP contribution in [0.1, 0.15) is 28.0 Å². The lowest BCUT2D eigenvalue weighted by molar-refractivity contribution is -0.200. The Morgan fingerprint density at radius 3 is 2.38 bits per heavy atom. The molecule has 2 rings (SSSR count). The summed E-state index contributed by atoms with van der Waals surface area (Å²) in [5, 5.41) is 8.71. The number of hydrogen-bond donors (Lipinski definition) is 2. The number of carbonyl (C=O) groups is 3. The second kappa shape index (κ2) is 8.65. The number of aromatic nitrogens is 1. The molecule has 1 aromatic heterocycles. The number of alkyl halides is 3. The number of benzene rings is 1. The summed E-state index contributed by atoms with van der Waals surface area (Å²) in [6, 6.07) is 5.83. The molecule has 0 bridgehead atoms. The highest BCUT2D eigenvalue weighted by Gasteiger charge is 2.42. The highest BCUT2D eigenvalue weighted by molar-refractivity contribution is 7.10. The highest BCUT2D eigenvalue weighted by Crippen LogP contribution is 2.20. The molecule has 2 aromatic rings. The fourth-order valence-electron chi connectivity index (χ4n) is 1.78. The molecule has 0 saturated carbocycles. The third-order valence-electron chi connectivity index (χ3n) is 3.19. The Bertz CT molecular complexity index is 996. The van der Waals surface area contributed by atoms with Crippen LogP contribution in [0.25, 0.3) is 6.08 Å². The smallest absolute Gasteiger partial charge is 0.422 e. The highest BCUT2D eigenvalue weighted by atomic mass is 32.1. The summed E-state index contributed by atoms with van der Waals surface area (Å²) in [5.41, 5.74) is 5.33. The van der Waals surface area contributed by atoms with Gasteiger partial charge in [-0.15, -0.1) is 11.3 Å². The molecule has 0 atom stereocenters. The minimum Gasteiger partial charge on any atom is -0.422 e. The van der Waals surface area contributed by atoms with Crippen LogP contribution in [0.4, 0.5) is 13.2 Å². The van der Waals surface area contributed by atoms with E-state index in [0.29, 0.717) is 5.56 Å². The van der Waals surface area contributed by atoms with Crippen LogP contribution in [0, 0.1) is 5.41 Å². The van der Waals surface area contributed by atoms with Gasteiger partial charge in [-0.25, -0.2) is 19.4 Å². The van der Waals surface area contributed by atoms with E-state index >= 15 is 0 Å². The summed E-state index contributed by atoms with van der Waals surface area (Å²) in [6.07, 6.45) is -4.23. The van der Waals surface area contributed by atoms with Crippen molar-refractivity contribution >= 4 is 41.2 Å². The first kappa shape index (κ1) is 21.8. The summed E-state index contributed by atoms with van der Waals surface area (Å²) in [4.78, 5) is 38.2. The maximum atomic E-state index is 12.1. The van der Waals surface area contributed by atoms with E-state index in [1.165, 1.54) is 29.6 Å². The van der Waals surface area contributed by atoms with Crippen molar-refractivity contribution in [2.45, 2.75) is 13.1 Å². The average Bonchev–Trinajstić information content (AvgIpc) is 3.09. The van der Waals surface area contributed by atoms with Crippen LogP contribution in [0.3, 0.4) is 0 Å². The number of esters is 3. The lowest BCUT2D eigenvalue weighted by atomic mass is 10.2. The van der Waals surface area contributed by atoms with Crippen molar-refractivity contribution in [2.24, 2.45) is 5.73 Å². The second-order valence-corrected chi connectivity index (χ2v) is 6.29. The van der Waals surface area contributed by atoms with Gasteiger partial charge in [-0.3, -0.25) is 5.41 Å². The topological polar surface area (TPSA) is 132 Å². The van der Waals surface area contributed by atoms with Gasteiger partial charge in [-0.1, -0.05) is 0 Å². The van der Waals surface area contributed by atoms with E-state index in [1.807, 2.05) is 0 Å². The number of amidine groups is 1. The molecule has 12 heteroatoms. The standard InChI is InChI=1S/C17H12F3N3O5S/c1-8(14(24)28-16(26)17(18,19)20)6-12-23-11(7-29-12)15(25)27-10-4-2-9(3-5-10)13(21)22/h2-7H,1H3,(H3,21,22)/b8-6+. The molecule has 0 radical (unpaired) electrons. The van der Waals surface area contributed by atoms with Crippen LogP contribution in [0.2, 0.25) is 0 Å². The van der Waals surface area contributed by atoms with Gasteiger partial charge in [0, 0.05) is 16.5 Å². The monoisotopic (exact) mass is 427 g/mol. The second-order valence-electron chi connectivity index (χ2n) is 5.40. The van der Waals surface area contributed by atoms with E-state index in [9.17, 15) is 27.6 Å². The summed E-state index contributed by atoms with van der Waals surface area (Å²) < 4.78 is 45.1. The van der Waals surface area contributed by atoms with E-state index in [0.717, 1.165) is 24.3 Å². The number of thiazole rings is 1. The van der Waals surface area contributed by atoms with Gasteiger partial charge in [-0.05, 0) is 37.3 Å². The lowest BCUT2D eigenvalue weighted by Crippen LogP contribution is -2.28. The van der Waals surface area contributed by atoms with Gasteiger partial charge < -0.3 is 15.2 Å². The first-order valence-electron chi connectivity index (χ1n) is 7.61. The van der Waals surface area contributed by atoms with Crippen molar-refractivity contribution in [2.75, 3.05) is 0 Å². The fraction of sp³-hybridized carbons (Fsp3) is 0.118. The number of halogens is 3. The third kappa shape index (κ3) is 5.97. The van der Waals surface area contributed by atoms with Crippen LogP contribution in [-0.4, -0.2) is 34.9 Å². The zero-order chi connectivity index (χ0) is 21.8. The van der Waals surface area contributed by atoms with E-state index in [2.05, 4.69) is 9.72 Å². The van der Waals surface area contributed by atoms with E-state index in [-0.39, 0.29) is 27.9 Å². The quantitative estimate of drug-likeness (QED) is 0.187. The SMILES string of the molecule is C/C(=C\c1nc(C(=O)Oc2ccc(C(=N)N)cc2)cs1)C(=O)OC(=O)C(F)(F)F. The van der Waals surface area contributed by atoms with Crippen molar-refractivity contribution in [3.63, 3.8) is 0 Å². The molecule has 152 valence electrons. The molecule has 0 amide bonds. The van der Waals surface area contributed by atoms with Crippen molar-refractivity contribution in [3.8, 4) is 5.75 Å². The van der Waals surface area contributed by atoms with Crippen molar-refractivity contribution < 1.29 is 37.0 Å². The Morgan fingerprint density at radius 1 is 1.21 bits per heavy atom. The zero-order valence-corrected chi connectivity index (χ0v) is 15.4. The van der Waals surface area contributed by atoms with Gasteiger partial charge in [0.2, 0.25) is 0 Å². The molecule has 0 aliphatic rings. The lowest BCUT2D eigenvalue weighted by Gasteiger charge is -2.05. The molecule has 0 aliphatic carbocycles. The van der Waals surface area contributed by atoms with Crippen LogP contribution in [0.5, 0.6) is 5.75 Å². The maximum Gasteiger partial charge on any atom is 0.491 e. The Morgan fingerprint density at radius 2 is 1.83 bits per heavy atom. The van der Waals surface area contributed by atoms with Crippen LogP contribution in [-0.2, 0) is 14.3 Å². The van der Waals surface area contributed by atoms with Gasteiger partial charge in [0.15, 0.2) is 5.69 Å². The first-order chi connectivity index (χ1) is 13.5. The van der Waals surface area contributed by atoms with Crippen molar-refractivity contribution in [1.82, 2.24) is 4.98 Å². The van der Waals surface area contributed by atoms with E-state index in [1.54, 1.807) is 0 Å². The molecule has 3 N–H and O–H groups in total. The predicted molar refractivity (Wildman–Crippen MR) is 95.3 cm³/mol. The molecule has 0 fully saturated rings. The molecule has 8 nitrogen and oxygen atoms in total. The van der Waals surface area contributed by atoms with Crippen molar-refractivity contribution in [3.05, 3.63) is 51.5 Å². The molecular weight excluding hydrogens is 415 g/mol. The Labute approximate surface area is 165 Å². The number of hydrogen-bond acceptors (Lipinski definition) is 8. The Kier molecular flexibility index (Phi) is 6.49. The molecule has 0 saturated heterocycles. The normalized spacial score (nSPS) is 11.7. The molecule has 0 unspecified atom stereocenters. The molecule has 1 aromatic carbocycles. The minimum absolute atomic E-state index is 0.107. The summed E-state index contributed by atoms with van der Waals surface area (Å²) >= 11 is 0.917. The van der Waals surface area contributed by atoms with Crippen molar-refractivity contribution in [1.29, 1.82) is 5.41 Å². The third-order valence-corrected chi connectivity index (χ3v) is 3.98. The van der Waals surface area contributed by atoms with Gasteiger partial charge in [0.25, 0.3) is 0 Å². The number of carbonyl (C=O) groups excluding carboxylic acids is 3. The Balaban J connectivity index is 2.04. The number of nitrogens with zero attached hydrogens (tertiary/aromatic N) is 1. The summed E-state index contributed by atoms with van der Waals surface area (Å²) in [6.45, 7) is 1.13. The summed E-state index contributed by atoms with van der Waals surface area (Å²) in [5.74, 6) is -4.91. The number of nitrogen functional groups attached to an aromatic ring is 1. The van der Waals surface area contributed by atoms with Crippen LogP contribution < -0.4 is 10.5 Å². The van der Waals surface area contributed by atoms with Crippen LogP contribution >= 0.6 is 11.3 Å². The number of nitrogens with one attached hydrogen (secondary N) is 1. The van der Waals surface area contributed by atoms with Crippen LogP contribution in [0.15, 0.2) is 35.2 Å². The maximum absolute atomic E-state index is 12.1. The molecule has 0 spiro atoms. The average molecular weight is 427 g/mol. The summed E-state index contributed by atoms with van der Waals surface area (Å²) in [7, 11) is 0. The largest absolute Gasteiger partial charge is 0.491 e. The number of rotatable bonds is 5. The van der Waals surface area contributed by atoms with Gasteiger partial charge >= 0.3 is 24.1 Å². The fourth-order valence-corrected chi connectivity index (χ4v) is 2.55. The van der Waals surface area contributed by atoms with Gasteiger partial charge in [0.1, 0.15) is 16.6 Å².